The van der Waals surface area contributed by atoms with Crippen molar-refractivity contribution in [3.63, 3.8) is 0 Å². The highest BCUT2D eigenvalue weighted by atomic mass is 16.4. The van der Waals surface area contributed by atoms with Crippen LogP contribution in [-0.4, -0.2) is 41.1 Å². The fourth-order valence-electron chi connectivity index (χ4n) is 1.43. The summed E-state index contributed by atoms with van der Waals surface area (Å²) in [5.74, 6) is -0.870. The summed E-state index contributed by atoms with van der Waals surface area (Å²) in [5, 5.41) is 11.2. The van der Waals surface area contributed by atoms with Crippen molar-refractivity contribution in [2.75, 3.05) is 13.1 Å². The van der Waals surface area contributed by atoms with E-state index in [2.05, 4.69) is 5.32 Å². The molecule has 1 atom stereocenters. The molecule has 2 N–H and O–H groups in total. The van der Waals surface area contributed by atoms with E-state index in [0.29, 0.717) is 13.1 Å². The number of nitrogens with zero attached hydrogens (tertiary/aromatic N) is 1. The lowest BCUT2D eigenvalue weighted by Gasteiger charge is -2.32. The molecule has 0 spiro atoms. The summed E-state index contributed by atoms with van der Waals surface area (Å²) in [6.45, 7) is 3.09. The third-order valence-electron chi connectivity index (χ3n) is 2.11. The zero-order chi connectivity index (χ0) is 9.84. The van der Waals surface area contributed by atoms with Gasteiger partial charge in [0.05, 0.1) is 6.42 Å². The van der Waals surface area contributed by atoms with Crippen molar-refractivity contribution in [3.05, 3.63) is 0 Å². The van der Waals surface area contributed by atoms with Gasteiger partial charge in [-0.15, -0.1) is 0 Å². The van der Waals surface area contributed by atoms with Crippen LogP contribution < -0.4 is 5.32 Å². The molecule has 0 radical (unpaired) electrons. The number of rotatable bonds is 3. The number of hydrogen-bond acceptors (Lipinski definition) is 2. The number of carbonyl (C=O) groups is 2. The molecule has 13 heavy (non-hydrogen) atoms. The van der Waals surface area contributed by atoms with Gasteiger partial charge in [0.15, 0.2) is 0 Å². The topological polar surface area (TPSA) is 69.6 Å². The van der Waals surface area contributed by atoms with E-state index in [-0.39, 0.29) is 18.5 Å². The van der Waals surface area contributed by atoms with Crippen molar-refractivity contribution in [1.82, 2.24) is 10.2 Å². The molecule has 5 heteroatoms. The highest BCUT2D eigenvalue weighted by Crippen LogP contribution is 2.08. The molecule has 1 heterocycles. The molecule has 1 aliphatic heterocycles. The predicted octanol–water partition coefficient (Wildman–Crippen LogP) is 0.265. The zero-order valence-electron chi connectivity index (χ0n) is 7.62. The Kier molecular flexibility index (Phi) is 3.11. The van der Waals surface area contributed by atoms with Crippen LogP contribution >= 0.6 is 0 Å². The number of carboxylic acids is 1. The van der Waals surface area contributed by atoms with E-state index in [1.54, 1.807) is 11.8 Å². The average molecular weight is 186 g/mol. The van der Waals surface area contributed by atoms with Crippen LogP contribution in [0.2, 0.25) is 0 Å². The third-order valence-corrected chi connectivity index (χ3v) is 2.11. The first kappa shape index (κ1) is 9.83. The van der Waals surface area contributed by atoms with Crippen LogP contribution in [0.4, 0.5) is 4.79 Å². The maximum absolute atomic E-state index is 11.2. The summed E-state index contributed by atoms with van der Waals surface area (Å²) in [5.41, 5.74) is 0. The maximum Gasteiger partial charge on any atom is 0.317 e. The van der Waals surface area contributed by atoms with E-state index in [9.17, 15) is 9.59 Å². The lowest BCUT2D eigenvalue weighted by atomic mass is 10.2. The van der Waals surface area contributed by atoms with Gasteiger partial charge < -0.3 is 15.3 Å². The maximum atomic E-state index is 11.2. The van der Waals surface area contributed by atoms with Crippen molar-refractivity contribution in [2.45, 2.75) is 25.8 Å². The minimum atomic E-state index is -0.870. The van der Waals surface area contributed by atoms with E-state index >= 15 is 0 Å². The van der Waals surface area contributed by atoms with Gasteiger partial charge in [0.1, 0.15) is 0 Å². The van der Waals surface area contributed by atoms with Gasteiger partial charge in [0.25, 0.3) is 0 Å². The van der Waals surface area contributed by atoms with Crippen LogP contribution in [0, 0.1) is 0 Å². The number of amides is 2. The van der Waals surface area contributed by atoms with E-state index in [1.165, 1.54) is 0 Å². The molecule has 1 rings (SSSR count). The van der Waals surface area contributed by atoms with Gasteiger partial charge in [-0.3, -0.25) is 4.79 Å². The first-order valence-corrected chi connectivity index (χ1v) is 4.37. The second-order valence-electron chi connectivity index (χ2n) is 3.23. The summed E-state index contributed by atoms with van der Waals surface area (Å²) in [4.78, 5) is 23.2. The molecular weight excluding hydrogens is 172 g/mol. The molecule has 1 aliphatic rings. The molecule has 0 aromatic heterocycles. The number of nitrogens with one attached hydrogen (secondary N) is 1. The first-order valence-electron chi connectivity index (χ1n) is 4.37. The monoisotopic (exact) mass is 186 g/mol. The minimum Gasteiger partial charge on any atom is -0.481 e. The van der Waals surface area contributed by atoms with E-state index in [1.807, 2.05) is 0 Å². The van der Waals surface area contributed by atoms with Crippen molar-refractivity contribution in [1.29, 1.82) is 0 Å². The molecule has 1 fully saturated rings. The second-order valence-corrected chi connectivity index (χ2v) is 3.23. The van der Waals surface area contributed by atoms with Crippen molar-refractivity contribution in [3.8, 4) is 0 Å². The van der Waals surface area contributed by atoms with Crippen molar-refractivity contribution < 1.29 is 14.7 Å². The van der Waals surface area contributed by atoms with Crippen molar-refractivity contribution in [2.24, 2.45) is 0 Å². The summed E-state index contributed by atoms with van der Waals surface area (Å²) >= 11 is 0. The lowest BCUT2D eigenvalue weighted by Crippen LogP contribution is -2.50. The predicted molar refractivity (Wildman–Crippen MR) is 46.4 cm³/mol. The minimum absolute atomic E-state index is 0.00736. The Bertz CT molecular complexity index is 217. The van der Waals surface area contributed by atoms with E-state index in [4.69, 9.17) is 5.11 Å². The summed E-state index contributed by atoms with van der Waals surface area (Å²) in [6, 6.07) is -0.377. The van der Waals surface area contributed by atoms with Crippen LogP contribution in [0.15, 0.2) is 0 Å². The number of hydrogen-bond donors (Lipinski definition) is 2. The Balaban J connectivity index is 2.48. The summed E-state index contributed by atoms with van der Waals surface area (Å²) in [7, 11) is 0. The smallest absolute Gasteiger partial charge is 0.317 e. The number of carboxylic acid groups (broad SMARTS) is 1. The Morgan fingerprint density at radius 2 is 2.46 bits per heavy atom. The Labute approximate surface area is 76.7 Å². The van der Waals surface area contributed by atoms with Gasteiger partial charge in [-0.2, -0.15) is 0 Å². The molecule has 0 bridgehead atoms. The van der Waals surface area contributed by atoms with Crippen LogP contribution in [-0.2, 0) is 4.79 Å². The Hall–Kier alpha value is -1.26. The molecule has 0 aliphatic carbocycles. The molecule has 1 saturated heterocycles. The molecule has 2 amide bonds. The van der Waals surface area contributed by atoms with Crippen LogP contribution in [0.1, 0.15) is 19.8 Å². The second kappa shape index (κ2) is 4.11. The number of carbonyl (C=O) groups excluding carboxylic acids is 1. The molecule has 0 saturated carbocycles. The zero-order valence-corrected chi connectivity index (χ0v) is 7.62. The van der Waals surface area contributed by atoms with Crippen molar-refractivity contribution >= 4 is 12.0 Å². The Morgan fingerprint density at radius 1 is 1.77 bits per heavy atom. The lowest BCUT2D eigenvalue weighted by molar-refractivity contribution is -0.138. The highest BCUT2D eigenvalue weighted by Gasteiger charge is 2.23. The quantitative estimate of drug-likeness (QED) is 0.664. The summed E-state index contributed by atoms with van der Waals surface area (Å²) in [6.07, 6.45) is 0.892. The van der Waals surface area contributed by atoms with Gasteiger partial charge in [-0.25, -0.2) is 4.79 Å². The average Bonchev–Trinajstić information content (AvgIpc) is 2.03. The van der Waals surface area contributed by atoms with Gasteiger partial charge in [0, 0.05) is 19.1 Å². The molecule has 74 valence electrons. The molecule has 1 unspecified atom stereocenters. The van der Waals surface area contributed by atoms with Crippen LogP contribution in [0.3, 0.4) is 0 Å². The van der Waals surface area contributed by atoms with Gasteiger partial charge in [0.2, 0.25) is 0 Å². The van der Waals surface area contributed by atoms with Crippen LogP contribution in [0.25, 0.3) is 0 Å². The van der Waals surface area contributed by atoms with E-state index < -0.39 is 5.97 Å². The largest absolute Gasteiger partial charge is 0.481 e. The number of aliphatic carboxylic acids is 1. The van der Waals surface area contributed by atoms with E-state index in [0.717, 1.165) is 6.42 Å². The van der Waals surface area contributed by atoms with Gasteiger partial charge in [-0.05, 0) is 13.3 Å². The fourth-order valence-corrected chi connectivity index (χ4v) is 1.43. The first-order chi connectivity index (χ1) is 6.11. The summed E-state index contributed by atoms with van der Waals surface area (Å²) < 4.78 is 0. The molecule has 0 aromatic carbocycles. The SMILES string of the molecule is CC(CC(=O)O)N1CCCNC1=O. The molecular formula is C8H14N2O3. The molecule has 5 nitrogen and oxygen atoms in total. The van der Waals surface area contributed by atoms with Crippen LogP contribution in [0.5, 0.6) is 0 Å². The molecule has 0 aromatic rings. The fraction of sp³-hybridized carbons (Fsp3) is 0.750. The number of urea groups is 1. The van der Waals surface area contributed by atoms with Gasteiger partial charge in [-0.1, -0.05) is 0 Å². The highest BCUT2D eigenvalue weighted by molar-refractivity contribution is 5.76. The third kappa shape index (κ3) is 2.61. The van der Waals surface area contributed by atoms with Gasteiger partial charge >= 0.3 is 12.0 Å². The Morgan fingerprint density at radius 3 is 3.00 bits per heavy atom. The standard InChI is InChI=1S/C8H14N2O3/c1-6(5-7(11)12)10-4-2-3-9-8(10)13/h6H,2-5H2,1H3,(H,9,13)(H,11,12). The normalized spacial score (nSPS) is 19.5.